The topological polar surface area (TPSA) is 66.4 Å². The van der Waals surface area contributed by atoms with Crippen LogP contribution >= 0.6 is 0 Å². The second-order valence-electron chi connectivity index (χ2n) is 5.08. The van der Waals surface area contributed by atoms with Gasteiger partial charge in [-0.05, 0) is 18.6 Å². The van der Waals surface area contributed by atoms with Gasteiger partial charge in [0.2, 0.25) is 0 Å². The van der Waals surface area contributed by atoms with E-state index in [-0.39, 0.29) is 17.8 Å². The van der Waals surface area contributed by atoms with Crippen LogP contribution in [0.1, 0.15) is 27.2 Å². The Labute approximate surface area is 115 Å². The number of anilines is 1. The number of benzene rings is 1. The molecule has 1 rings (SSSR count). The Morgan fingerprint density at radius 2 is 1.89 bits per heavy atom. The third-order valence-electron chi connectivity index (χ3n) is 3.54. The third kappa shape index (κ3) is 3.94. The van der Waals surface area contributed by atoms with Crippen molar-refractivity contribution in [2.75, 3.05) is 24.2 Å². The maximum Gasteiger partial charge on any atom is 0.180 e. The Morgan fingerprint density at radius 1 is 1.26 bits per heavy atom. The van der Waals surface area contributed by atoms with Crippen molar-refractivity contribution in [3.8, 4) is 0 Å². The van der Waals surface area contributed by atoms with E-state index in [1.807, 2.05) is 13.8 Å². The van der Waals surface area contributed by atoms with Crippen molar-refractivity contribution in [2.45, 2.75) is 32.1 Å². The van der Waals surface area contributed by atoms with Gasteiger partial charge in [0.25, 0.3) is 0 Å². The van der Waals surface area contributed by atoms with Crippen LogP contribution in [0.4, 0.5) is 5.69 Å². The van der Waals surface area contributed by atoms with Gasteiger partial charge >= 0.3 is 0 Å². The molecule has 1 aromatic rings. The smallest absolute Gasteiger partial charge is 0.180 e. The molecule has 0 aliphatic carbocycles. The molecule has 0 aromatic heterocycles. The first kappa shape index (κ1) is 16.0. The Hall–Kier alpha value is -1.07. The van der Waals surface area contributed by atoms with Crippen molar-refractivity contribution in [3.63, 3.8) is 0 Å². The van der Waals surface area contributed by atoms with Crippen LogP contribution in [0.2, 0.25) is 0 Å². The van der Waals surface area contributed by atoms with E-state index >= 15 is 0 Å². The largest absolute Gasteiger partial charge is 0.396 e. The summed E-state index contributed by atoms with van der Waals surface area (Å²) in [6, 6.07) is 6.90. The van der Waals surface area contributed by atoms with Crippen LogP contribution in [-0.2, 0) is 9.84 Å². The summed E-state index contributed by atoms with van der Waals surface area (Å²) < 4.78 is 24.0. The molecule has 108 valence electrons. The van der Waals surface area contributed by atoms with E-state index in [2.05, 4.69) is 5.32 Å². The Kier molecular flexibility index (Phi) is 5.38. The number of nitrogens with one attached hydrogen (secondary N) is 1. The lowest BCUT2D eigenvalue weighted by atomic mass is 9.88. The lowest BCUT2D eigenvalue weighted by Gasteiger charge is -2.27. The van der Waals surface area contributed by atoms with Gasteiger partial charge in [-0.15, -0.1) is 0 Å². The van der Waals surface area contributed by atoms with E-state index in [9.17, 15) is 13.5 Å². The summed E-state index contributed by atoms with van der Waals surface area (Å²) in [7, 11) is -3.23. The quantitative estimate of drug-likeness (QED) is 0.806. The Bertz CT molecular complexity index is 507. The van der Waals surface area contributed by atoms with E-state index in [4.69, 9.17) is 0 Å². The van der Waals surface area contributed by atoms with Crippen LogP contribution in [0.15, 0.2) is 29.2 Å². The fraction of sp³-hybridized carbons (Fsp3) is 0.571. The van der Waals surface area contributed by atoms with E-state index in [1.165, 1.54) is 0 Å². The molecule has 0 radical (unpaired) electrons. The van der Waals surface area contributed by atoms with Gasteiger partial charge in [0, 0.05) is 12.0 Å². The van der Waals surface area contributed by atoms with Gasteiger partial charge in [-0.25, -0.2) is 8.42 Å². The molecule has 1 atom stereocenters. The molecule has 0 fully saturated rings. The monoisotopic (exact) mass is 285 g/mol. The van der Waals surface area contributed by atoms with Crippen LogP contribution in [0.5, 0.6) is 0 Å². The molecular weight excluding hydrogens is 262 g/mol. The summed E-state index contributed by atoms with van der Waals surface area (Å²) in [5, 5.41) is 12.5. The van der Waals surface area contributed by atoms with Gasteiger partial charge in [0.1, 0.15) is 0 Å². The first-order chi connectivity index (χ1) is 8.88. The van der Waals surface area contributed by atoms with Gasteiger partial charge in [-0.1, -0.05) is 32.9 Å². The van der Waals surface area contributed by atoms with Crippen molar-refractivity contribution in [2.24, 2.45) is 5.41 Å². The molecule has 5 heteroatoms. The number of aliphatic hydroxyl groups excluding tert-OH is 1. The minimum absolute atomic E-state index is 0.0686. The fourth-order valence-electron chi connectivity index (χ4n) is 1.64. The summed E-state index contributed by atoms with van der Waals surface area (Å²) in [5.41, 5.74) is 0.362. The molecule has 0 heterocycles. The highest BCUT2D eigenvalue weighted by molar-refractivity contribution is 7.91. The molecule has 1 aromatic carbocycles. The van der Waals surface area contributed by atoms with Crippen LogP contribution in [0.3, 0.4) is 0 Å². The first-order valence-corrected chi connectivity index (χ1v) is 8.20. The Balaban J connectivity index is 2.97. The predicted molar refractivity (Wildman–Crippen MR) is 78.1 cm³/mol. The van der Waals surface area contributed by atoms with Gasteiger partial charge in [0.05, 0.1) is 22.9 Å². The number of rotatable bonds is 7. The molecular formula is C14H23NO3S. The van der Waals surface area contributed by atoms with Crippen LogP contribution in [-0.4, -0.2) is 32.4 Å². The molecule has 0 amide bonds. The van der Waals surface area contributed by atoms with Crippen LogP contribution in [0.25, 0.3) is 0 Å². The highest BCUT2D eigenvalue weighted by Crippen LogP contribution is 2.25. The number of hydrogen-bond donors (Lipinski definition) is 2. The van der Waals surface area contributed by atoms with E-state index in [0.29, 0.717) is 17.1 Å². The maximum absolute atomic E-state index is 12.0. The van der Waals surface area contributed by atoms with Gasteiger partial charge in [-0.2, -0.15) is 0 Å². The van der Waals surface area contributed by atoms with E-state index < -0.39 is 9.84 Å². The molecule has 4 nitrogen and oxygen atoms in total. The third-order valence-corrected chi connectivity index (χ3v) is 5.33. The lowest BCUT2D eigenvalue weighted by Crippen LogP contribution is -2.30. The van der Waals surface area contributed by atoms with Crippen molar-refractivity contribution in [3.05, 3.63) is 24.3 Å². The SMILES string of the molecule is CCC(C)(CO)CNc1ccccc1S(=O)(=O)CC. The number of para-hydroxylation sites is 1. The highest BCUT2D eigenvalue weighted by atomic mass is 32.2. The molecule has 0 bridgehead atoms. The summed E-state index contributed by atoms with van der Waals surface area (Å²) in [4.78, 5) is 0.328. The van der Waals surface area contributed by atoms with Gasteiger partial charge in [-0.3, -0.25) is 0 Å². The second kappa shape index (κ2) is 6.39. The molecule has 1 unspecified atom stereocenters. The molecule has 0 saturated carbocycles. The van der Waals surface area contributed by atoms with Gasteiger partial charge in [0.15, 0.2) is 9.84 Å². The maximum atomic E-state index is 12.0. The molecule has 2 N–H and O–H groups in total. The summed E-state index contributed by atoms with van der Waals surface area (Å²) in [6.07, 6.45) is 0.819. The first-order valence-electron chi connectivity index (χ1n) is 6.55. The van der Waals surface area contributed by atoms with E-state index in [1.54, 1.807) is 31.2 Å². The zero-order valence-corrected chi connectivity index (χ0v) is 12.6. The van der Waals surface area contributed by atoms with Crippen molar-refractivity contribution >= 4 is 15.5 Å². The minimum atomic E-state index is -3.23. The zero-order chi connectivity index (χ0) is 14.5. The van der Waals surface area contributed by atoms with Crippen LogP contribution in [0, 0.1) is 5.41 Å². The normalized spacial score (nSPS) is 14.9. The van der Waals surface area contributed by atoms with Crippen LogP contribution < -0.4 is 5.32 Å². The minimum Gasteiger partial charge on any atom is -0.396 e. The van der Waals surface area contributed by atoms with E-state index in [0.717, 1.165) is 6.42 Å². The zero-order valence-electron chi connectivity index (χ0n) is 11.8. The molecule has 19 heavy (non-hydrogen) atoms. The molecule has 0 spiro atoms. The molecule has 0 saturated heterocycles. The average molecular weight is 285 g/mol. The van der Waals surface area contributed by atoms with Crippen molar-refractivity contribution in [1.82, 2.24) is 0 Å². The summed E-state index contributed by atoms with van der Waals surface area (Å²) >= 11 is 0. The number of hydrogen-bond acceptors (Lipinski definition) is 4. The summed E-state index contributed by atoms with van der Waals surface area (Å²) in [5.74, 6) is 0.0801. The predicted octanol–water partition coefficient (Wildman–Crippen LogP) is 2.30. The fourth-order valence-corrected chi connectivity index (χ4v) is 2.71. The second-order valence-corrected chi connectivity index (χ2v) is 7.32. The number of sulfone groups is 1. The standard InChI is InChI=1S/C14H23NO3S/c1-4-14(3,11-16)10-15-12-8-6-7-9-13(12)19(17,18)5-2/h6-9,15-16H,4-5,10-11H2,1-3H3. The lowest BCUT2D eigenvalue weighted by molar-refractivity contribution is 0.149. The highest BCUT2D eigenvalue weighted by Gasteiger charge is 2.22. The van der Waals surface area contributed by atoms with Gasteiger partial charge < -0.3 is 10.4 Å². The van der Waals surface area contributed by atoms with Crippen molar-refractivity contribution in [1.29, 1.82) is 0 Å². The molecule has 0 aliphatic rings. The molecule has 0 aliphatic heterocycles. The Morgan fingerprint density at radius 3 is 2.42 bits per heavy atom. The van der Waals surface area contributed by atoms with Crippen molar-refractivity contribution < 1.29 is 13.5 Å². The number of aliphatic hydroxyl groups is 1. The average Bonchev–Trinajstić information content (AvgIpc) is 2.45. The summed E-state index contributed by atoms with van der Waals surface area (Å²) in [6.45, 7) is 6.22.